The first-order valence-electron chi connectivity index (χ1n) is 4.11. The van der Waals surface area contributed by atoms with Crippen molar-refractivity contribution in [1.29, 1.82) is 0 Å². The number of aromatic nitrogens is 1. The van der Waals surface area contributed by atoms with E-state index < -0.39 is 6.23 Å². The Morgan fingerprint density at radius 1 is 1.46 bits per heavy atom. The third kappa shape index (κ3) is 1.25. The second-order valence-electron chi connectivity index (χ2n) is 2.85. The minimum atomic E-state index is -0.695. The first kappa shape index (κ1) is 8.08. The van der Waals surface area contributed by atoms with Gasteiger partial charge in [0.1, 0.15) is 6.23 Å². The van der Waals surface area contributed by atoms with Crippen LogP contribution in [0.25, 0.3) is 10.9 Å². The molecule has 0 saturated heterocycles. The van der Waals surface area contributed by atoms with Gasteiger partial charge in [0.25, 0.3) is 0 Å². The molecular formula is C11H10NO. The van der Waals surface area contributed by atoms with E-state index in [0.29, 0.717) is 0 Å². The number of aliphatic hydroxyl groups excluding tert-OH is 1. The number of benzene rings is 1. The second kappa shape index (κ2) is 3.07. The molecule has 65 valence electrons. The monoisotopic (exact) mass is 172 g/mol. The number of nitrogens with zero attached hydrogens (tertiary/aromatic N) is 1. The molecule has 0 saturated carbocycles. The summed E-state index contributed by atoms with van der Waals surface area (Å²) in [5, 5.41) is 10.6. The van der Waals surface area contributed by atoms with Crippen LogP contribution in [0.2, 0.25) is 0 Å². The summed E-state index contributed by atoms with van der Waals surface area (Å²) in [7, 11) is 0. The van der Waals surface area contributed by atoms with Crippen LogP contribution in [0.15, 0.2) is 43.0 Å². The van der Waals surface area contributed by atoms with Crippen LogP contribution in [-0.4, -0.2) is 9.67 Å². The zero-order valence-electron chi connectivity index (χ0n) is 7.14. The van der Waals surface area contributed by atoms with Gasteiger partial charge in [0.2, 0.25) is 0 Å². The fourth-order valence-electron chi connectivity index (χ4n) is 1.36. The zero-order chi connectivity index (χ0) is 9.26. The fraction of sp³-hybridized carbons (Fsp3) is 0.0909. The molecule has 1 N–H and O–H groups in total. The topological polar surface area (TPSA) is 25.2 Å². The molecule has 0 fully saturated rings. The van der Waals surface area contributed by atoms with Crippen molar-refractivity contribution in [3.05, 3.63) is 49.2 Å². The first-order valence-corrected chi connectivity index (χ1v) is 4.11. The number of rotatable bonds is 2. The van der Waals surface area contributed by atoms with E-state index in [0.717, 1.165) is 10.9 Å². The minimum Gasteiger partial charge on any atom is -0.370 e. The quantitative estimate of drug-likeness (QED) is 0.689. The van der Waals surface area contributed by atoms with Gasteiger partial charge in [-0.15, -0.1) is 0 Å². The van der Waals surface area contributed by atoms with Gasteiger partial charge in [0.05, 0.1) is 11.7 Å². The molecule has 0 spiro atoms. The molecule has 0 aliphatic carbocycles. The third-order valence-corrected chi connectivity index (χ3v) is 2.03. The maximum atomic E-state index is 9.53. The number of para-hydroxylation sites is 1. The van der Waals surface area contributed by atoms with Gasteiger partial charge in [-0.25, -0.2) is 0 Å². The third-order valence-electron chi connectivity index (χ3n) is 2.03. The predicted octanol–water partition coefficient (Wildman–Crippen LogP) is 2.12. The Morgan fingerprint density at radius 3 is 3.00 bits per heavy atom. The van der Waals surface area contributed by atoms with Gasteiger partial charge in [-0.3, -0.25) is 0 Å². The summed E-state index contributed by atoms with van der Waals surface area (Å²) in [6.07, 6.45) is 3.74. The molecule has 0 aliphatic rings. The Hall–Kier alpha value is -1.54. The Bertz CT molecular complexity index is 430. The predicted molar refractivity (Wildman–Crippen MR) is 52.2 cm³/mol. The van der Waals surface area contributed by atoms with Crippen molar-refractivity contribution in [2.24, 2.45) is 0 Å². The smallest absolute Gasteiger partial charge is 0.150 e. The molecule has 0 aliphatic heterocycles. The molecule has 13 heavy (non-hydrogen) atoms. The summed E-state index contributed by atoms with van der Waals surface area (Å²) < 4.78 is 1.66. The Labute approximate surface area is 76.7 Å². The highest BCUT2D eigenvalue weighted by Gasteiger charge is 2.04. The highest BCUT2D eigenvalue weighted by molar-refractivity contribution is 5.79. The lowest BCUT2D eigenvalue weighted by Crippen LogP contribution is -2.02. The lowest BCUT2D eigenvalue weighted by molar-refractivity contribution is 0.159. The van der Waals surface area contributed by atoms with Crippen LogP contribution in [-0.2, 0) is 0 Å². The average molecular weight is 172 g/mol. The van der Waals surface area contributed by atoms with Gasteiger partial charge in [-0.05, 0) is 18.2 Å². The first-order chi connectivity index (χ1) is 6.33. The highest BCUT2D eigenvalue weighted by Crippen LogP contribution is 2.18. The summed E-state index contributed by atoms with van der Waals surface area (Å²) in [5.74, 6) is 0. The SMILES string of the molecule is C=CC(O)n1[c]cc2ccccc21. The zero-order valence-corrected chi connectivity index (χ0v) is 7.14. The van der Waals surface area contributed by atoms with E-state index in [1.165, 1.54) is 6.08 Å². The largest absolute Gasteiger partial charge is 0.370 e. The van der Waals surface area contributed by atoms with Gasteiger partial charge in [-0.2, -0.15) is 0 Å². The lowest BCUT2D eigenvalue weighted by Gasteiger charge is -2.07. The van der Waals surface area contributed by atoms with Crippen molar-refractivity contribution in [2.75, 3.05) is 0 Å². The van der Waals surface area contributed by atoms with Crippen LogP contribution in [0.3, 0.4) is 0 Å². The second-order valence-corrected chi connectivity index (χ2v) is 2.85. The summed E-state index contributed by atoms with van der Waals surface area (Å²) in [6, 6.07) is 9.67. The van der Waals surface area contributed by atoms with E-state index in [1.807, 2.05) is 30.3 Å². The van der Waals surface area contributed by atoms with Gasteiger partial charge in [0, 0.05) is 5.39 Å². The molecule has 1 atom stereocenters. The molecule has 2 aromatic rings. The van der Waals surface area contributed by atoms with Gasteiger partial charge < -0.3 is 9.67 Å². The number of fused-ring (bicyclic) bond motifs is 1. The summed E-state index contributed by atoms with van der Waals surface area (Å²) in [6.45, 7) is 3.53. The Morgan fingerprint density at radius 2 is 2.23 bits per heavy atom. The van der Waals surface area contributed by atoms with E-state index in [2.05, 4.69) is 12.8 Å². The van der Waals surface area contributed by atoms with Crippen LogP contribution >= 0.6 is 0 Å². The van der Waals surface area contributed by atoms with E-state index in [9.17, 15) is 5.11 Å². The van der Waals surface area contributed by atoms with Crippen molar-refractivity contribution in [2.45, 2.75) is 6.23 Å². The van der Waals surface area contributed by atoms with Crippen LogP contribution in [0.1, 0.15) is 6.23 Å². The maximum absolute atomic E-state index is 9.53. The van der Waals surface area contributed by atoms with E-state index >= 15 is 0 Å². The number of aliphatic hydroxyl groups is 1. The van der Waals surface area contributed by atoms with Crippen molar-refractivity contribution in [1.82, 2.24) is 4.57 Å². The van der Waals surface area contributed by atoms with Crippen molar-refractivity contribution in [3.8, 4) is 0 Å². The molecule has 1 heterocycles. The van der Waals surface area contributed by atoms with Gasteiger partial charge >= 0.3 is 0 Å². The van der Waals surface area contributed by atoms with Crippen LogP contribution in [0, 0.1) is 6.20 Å². The Balaban J connectivity index is 2.64. The molecule has 2 nitrogen and oxygen atoms in total. The molecule has 0 bridgehead atoms. The molecule has 1 aromatic carbocycles. The standard InChI is InChI=1S/C11H10NO/c1-2-11(13)12-8-7-9-5-3-4-6-10(9)12/h2-7,11,13H,1H2. The normalized spacial score (nSPS) is 13.0. The number of hydrogen-bond donors (Lipinski definition) is 1. The highest BCUT2D eigenvalue weighted by atomic mass is 16.3. The Kier molecular flexibility index (Phi) is 1.91. The maximum Gasteiger partial charge on any atom is 0.150 e. The van der Waals surface area contributed by atoms with Gasteiger partial charge in [-0.1, -0.05) is 24.8 Å². The average Bonchev–Trinajstić information content (AvgIpc) is 2.60. The molecule has 1 radical (unpaired) electrons. The van der Waals surface area contributed by atoms with Crippen LogP contribution < -0.4 is 0 Å². The van der Waals surface area contributed by atoms with Gasteiger partial charge in [0.15, 0.2) is 0 Å². The van der Waals surface area contributed by atoms with E-state index in [-0.39, 0.29) is 0 Å². The molecule has 1 unspecified atom stereocenters. The number of hydrogen-bond acceptors (Lipinski definition) is 1. The fourth-order valence-corrected chi connectivity index (χ4v) is 1.36. The lowest BCUT2D eigenvalue weighted by atomic mass is 10.2. The summed E-state index contributed by atoms with van der Waals surface area (Å²) in [5.41, 5.74) is 0.968. The molecule has 1 aromatic heterocycles. The van der Waals surface area contributed by atoms with E-state index in [4.69, 9.17) is 0 Å². The minimum absolute atomic E-state index is 0.695. The molecule has 2 heteroatoms. The molecule has 0 amide bonds. The molecular weight excluding hydrogens is 162 g/mol. The van der Waals surface area contributed by atoms with Crippen LogP contribution in [0.4, 0.5) is 0 Å². The van der Waals surface area contributed by atoms with Crippen LogP contribution in [0.5, 0.6) is 0 Å². The van der Waals surface area contributed by atoms with Crippen molar-refractivity contribution in [3.63, 3.8) is 0 Å². The van der Waals surface area contributed by atoms with Crippen molar-refractivity contribution >= 4 is 10.9 Å². The summed E-state index contributed by atoms with van der Waals surface area (Å²) >= 11 is 0. The summed E-state index contributed by atoms with van der Waals surface area (Å²) in [4.78, 5) is 0. The molecule has 2 rings (SSSR count). The van der Waals surface area contributed by atoms with Crippen molar-refractivity contribution < 1.29 is 5.11 Å². The van der Waals surface area contributed by atoms with E-state index in [1.54, 1.807) is 4.57 Å².